The fourth-order valence-corrected chi connectivity index (χ4v) is 1.60. The highest BCUT2D eigenvalue weighted by Crippen LogP contribution is 2.33. The topological polar surface area (TPSA) is 43.8 Å². The van der Waals surface area contributed by atoms with E-state index >= 15 is 0 Å². The van der Waals surface area contributed by atoms with Crippen molar-refractivity contribution < 1.29 is 13.2 Å². The molecule has 6 heteroatoms. The molecule has 1 heterocycles. The third-order valence-corrected chi connectivity index (χ3v) is 2.37. The van der Waals surface area contributed by atoms with Crippen LogP contribution in [-0.4, -0.2) is 9.78 Å². The van der Waals surface area contributed by atoms with Crippen LogP contribution in [0.15, 0.2) is 36.5 Å². The highest BCUT2D eigenvalue weighted by atomic mass is 19.4. The molecule has 0 amide bonds. The Balaban J connectivity index is 2.60. The molecule has 2 aromatic rings. The molecule has 90 valence electrons. The van der Waals surface area contributed by atoms with Crippen LogP contribution in [0.2, 0.25) is 0 Å². The fraction of sp³-hybridized carbons (Fsp3) is 0.182. The maximum atomic E-state index is 12.8. The van der Waals surface area contributed by atoms with Gasteiger partial charge in [0.1, 0.15) is 0 Å². The second-order valence-corrected chi connectivity index (χ2v) is 3.45. The van der Waals surface area contributed by atoms with E-state index < -0.39 is 11.7 Å². The number of nitrogens with two attached hydrogens (primary N) is 1. The second kappa shape index (κ2) is 4.21. The SMILES string of the molecule is NCc1ccnn1-c1ccccc1C(F)(F)F. The van der Waals surface area contributed by atoms with E-state index in [-0.39, 0.29) is 12.2 Å². The Hall–Kier alpha value is -1.82. The lowest BCUT2D eigenvalue weighted by Crippen LogP contribution is -2.14. The molecule has 0 spiro atoms. The Kier molecular flexibility index (Phi) is 2.89. The maximum absolute atomic E-state index is 12.8. The van der Waals surface area contributed by atoms with Gasteiger partial charge >= 0.3 is 6.18 Å². The third kappa shape index (κ3) is 2.16. The van der Waals surface area contributed by atoms with Gasteiger partial charge in [0, 0.05) is 12.7 Å². The van der Waals surface area contributed by atoms with Crippen molar-refractivity contribution >= 4 is 0 Å². The average Bonchev–Trinajstić information content (AvgIpc) is 2.75. The summed E-state index contributed by atoms with van der Waals surface area (Å²) in [6, 6.07) is 6.87. The average molecular weight is 241 g/mol. The van der Waals surface area contributed by atoms with Gasteiger partial charge in [-0.2, -0.15) is 18.3 Å². The van der Waals surface area contributed by atoms with Crippen LogP contribution < -0.4 is 5.73 Å². The molecule has 2 N–H and O–H groups in total. The molecule has 0 fully saturated rings. The van der Waals surface area contributed by atoms with Crippen LogP contribution in [0.1, 0.15) is 11.3 Å². The van der Waals surface area contributed by atoms with Crippen LogP contribution in [0, 0.1) is 0 Å². The molecule has 0 unspecified atom stereocenters. The van der Waals surface area contributed by atoms with Crippen molar-refractivity contribution in [2.75, 3.05) is 0 Å². The van der Waals surface area contributed by atoms with Gasteiger partial charge in [-0.25, -0.2) is 4.68 Å². The predicted octanol–water partition coefficient (Wildman–Crippen LogP) is 2.35. The molecule has 0 atom stereocenters. The monoisotopic (exact) mass is 241 g/mol. The number of hydrogen-bond acceptors (Lipinski definition) is 2. The molecule has 0 saturated carbocycles. The zero-order chi connectivity index (χ0) is 12.5. The first-order valence-electron chi connectivity index (χ1n) is 4.93. The molecule has 0 aliphatic heterocycles. The summed E-state index contributed by atoms with van der Waals surface area (Å²) in [5.74, 6) is 0. The van der Waals surface area contributed by atoms with Crippen molar-refractivity contribution in [3.05, 3.63) is 47.8 Å². The maximum Gasteiger partial charge on any atom is 0.418 e. The van der Waals surface area contributed by atoms with Crippen molar-refractivity contribution in [3.63, 3.8) is 0 Å². The highest BCUT2D eigenvalue weighted by Gasteiger charge is 2.34. The Morgan fingerprint density at radius 1 is 1.18 bits per heavy atom. The minimum atomic E-state index is -4.41. The lowest BCUT2D eigenvalue weighted by Gasteiger charge is -2.14. The van der Waals surface area contributed by atoms with Gasteiger partial charge in [-0.15, -0.1) is 0 Å². The first-order valence-corrected chi connectivity index (χ1v) is 4.93. The van der Waals surface area contributed by atoms with Gasteiger partial charge < -0.3 is 5.73 Å². The lowest BCUT2D eigenvalue weighted by molar-refractivity contribution is -0.137. The zero-order valence-electron chi connectivity index (χ0n) is 8.78. The number of nitrogens with zero attached hydrogens (tertiary/aromatic N) is 2. The fourth-order valence-electron chi connectivity index (χ4n) is 1.60. The quantitative estimate of drug-likeness (QED) is 0.877. The van der Waals surface area contributed by atoms with Gasteiger partial charge in [-0.1, -0.05) is 12.1 Å². The van der Waals surface area contributed by atoms with Crippen molar-refractivity contribution in [2.24, 2.45) is 5.73 Å². The smallest absolute Gasteiger partial charge is 0.325 e. The summed E-state index contributed by atoms with van der Waals surface area (Å²) in [7, 11) is 0. The molecule has 0 aliphatic rings. The van der Waals surface area contributed by atoms with Gasteiger partial charge in [-0.3, -0.25) is 0 Å². The molecular formula is C11H10F3N3. The second-order valence-electron chi connectivity index (χ2n) is 3.45. The summed E-state index contributed by atoms with van der Waals surface area (Å²) < 4.78 is 39.6. The van der Waals surface area contributed by atoms with Gasteiger partial charge in [0.15, 0.2) is 0 Å². The van der Waals surface area contributed by atoms with Crippen LogP contribution in [0.25, 0.3) is 5.69 Å². The van der Waals surface area contributed by atoms with Crippen molar-refractivity contribution in [1.29, 1.82) is 0 Å². The summed E-state index contributed by atoms with van der Waals surface area (Å²) >= 11 is 0. The molecule has 0 saturated heterocycles. The van der Waals surface area contributed by atoms with Gasteiger partial charge in [0.2, 0.25) is 0 Å². The summed E-state index contributed by atoms with van der Waals surface area (Å²) in [5, 5.41) is 3.87. The Morgan fingerprint density at radius 2 is 1.88 bits per heavy atom. The Morgan fingerprint density at radius 3 is 2.53 bits per heavy atom. The van der Waals surface area contributed by atoms with Crippen molar-refractivity contribution in [1.82, 2.24) is 9.78 Å². The summed E-state index contributed by atoms with van der Waals surface area (Å²) in [6.07, 6.45) is -2.98. The van der Waals surface area contributed by atoms with E-state index in [2.05, 4.69) is 5.10 Å². The van der Waals surface area contributed by atoms with Crippen LogP contribution in [0.3, 0.4) is 0 Å². The van der Waals surface area contributed by atoms with Crippen LogP contribution >= 0.6 is 0 Å². The third-order valence-electron chi connectivity index (χ3n) is 2.37. The van der Waals surface area contributed by atoms with E-state index in [1.165, 1.54) is 29.1 Å². The molecule has 0 radical (unpaired) electrons. The van der Waals surface area contributed by atoms with Crippen LogP contribution in [-0.2, 0) is 12.7 Å². The minimum Gasteiger partial charge on any atom is -0.325 e. The molecule has 1 aromatic heterocycles. The minimum absolute atomic E-state index is 0.00884. The Labute approximate surface area is 95.7 Å². The van der Waals surface area contributed by atoms with E-state index in [0.717, 1.165) is 6.07 Å². The van der Waals surface area contributed by atoms with Gasteiger partial charge in [-0.05, 0) is 18.2 Å². The van der Waals surface area contributed by atoms with E-state index in [0.29, 0.717) is 5.69 Å². The van der Waals surface area contributed by atoms with Crippen molar-refractivity contribution in [3.8, 4) is 5.69 Å². The Bertz CT molecular complexity index is 517. The predicted molar refractivity (Wildman–Crippen MR) is 56.5 cm³/mol. The number of aromatic nitrogens is 2. The number of rotatable bonds is 2. The molecule has 2 rings (SSSR count). The first-order chi connectivity index (χ1) is 8.04. The lowest BCUT2D eigenvalue weighted by atomic mass is 10.1. The van der Waals surface area contributed by atoms with E-state index in [1.807, 2.05) is 0 Å². The standard InChI is InChI=1S/C11H10F3N3/c12-11(13,14)9-3-1-2-4-10(9)17-8(7-15)5-6-16-17/h1-6H,7,15H2. The molecule has 0 aliphatic carbocycles. The van der Waals surface area contributed by atoms with Gasteiger partial charge in [0.05, 0.1) is 16.9 Å². The first kappa shape index (κ1) is 11.7. The highest BCUT2D eigenvalue weighted by molar-refractivity contribution is 5.43. The summed E-state index contributed by atoms with van der Waals surface area (Å²) in [6.45, 7) is 0.131. The van der Waals surface area contributed by atoms with E-state index in [9.17, 15) is 13.2 Å². The van der Waals surface area contributed by atoms with Gasteiger partial charge in [0.25, 0.3) is 0 Å². The summed E-state index contributed by atoms with van der Waals surface area (Å²) in [5.41, 5.74) is 5.25. The summed E-state index contributed by atoms with van der Waals surface area (Å²) in [4.78, 5) is 0. The van der Waals surface area contributed by atoms with Crippen molar-refractivity contribution in [2.45, 2.75) is 12.7 Å². The number of para-hydroxylation sites is 1. The van der Waals surface area contributed by atoms with Crippen LogP contribution in [0.5, 0.6) is 0 Å². The largest absolute Gasteiger partial charge is 0.418 e. The molecule has 1 aromatic carbocycles. The number of benzene rings is 1. The molecule has 17 heavy (non-hydrogen) atoms. The normalized spacial score (nSPS) is 11.8. The molecule has 0 bridgehead atoms. The number of hydrogen-bond donors (Lipinski definition) is 1. The van der Waals surface area contributed by atoms with E-state index in [1.54, 1.807) is 6.07 Å². The number of alkyl halides is 3. The van der Waals surface area contributed by atoms with Crippen LogP contribution in [0.4, 0.5) is 13.2 Å². The number of halogens is 3. The zero-order valence-corrected chi connectivity index (χ0v) is 8.78. The van der Waals surface area contributed by atoms with E-state index in [4.69, 9.17) is 5.73 Å². The molecule has 3 nitrogen and oxygen atoms in total. The molecular weight excluding hydrogens is 231 g/mol.